The lowest BCUT2D eigenvalue weighted by Gasteiger charge is -2.08. The summed E-state index contributed by atoms with van der Waals surface area (Å²) < 4.78 is 24.0. The highest BCUT2D eigenvalue weighted by Gasteiger charge is 2.12. The van der Waals surface area contributed by atoms with Crippen molar-refractivity contribution in [2.24, 2.45) is 0 Å². The van der Waals surface area contributed by atoms with Gasteiger partial charge in [-0.15, -0.1) is 0 Å². The Bertz CT molecular complexity index is 746. The lowest BCUT2D eigenvalue weighted by molar-refractivity contribution is -0.119. The number of carbonyl (C=O) groups excluding carboxylic acids is 2. The standard InChI is InChI=1S/C21H24FNO4/c1-2-3-4-7-14-26-17-12-10-16(11-13-17)21(25)27-15-20(24)23-19-9-6-5-8-18(19)22/h5-6,8-13H,2-4,7,14-15H2,1H3,(H,23,24). The molecule has 0 unspecified atom stereocenters. The van der Waals surface area contributed by atoms with E-state index < -0.39 is 24.3 Å². The van der Waals surface area contributed by atoms with Gasteiger partial charge in [-0.25, -0.2) is 9.18 Å². The summed E-state index contributed by atoms with van der Waals surface area (Å²) in [5.41, 5.74) is 0.353. The highest BCUT2D eigenvalue weighted by molar-refractivity contribution is 5.95. The molecule has 5 nitrogen and oxygen atoms in total. The van der Waals surface area contributed by atoms with Crippen molar-refractivity contribution < 1.29 is 23.5 Å². The third-order valence-electron chi connectivity index (χ3n) is 3.84. The quantitative estimate of drug-likeness (QED) is 0.489. The van der Waals surface area contributed by atoms with Crippen molar-refractivity contribution in [3.63, 3.8) is 0 Å². The van der Waals surface area contributed by atoms with Gasteiger partial charge in [-0.3, -0.25) is 4.79 Å². The van der Waals surface area contributed by atoms with Gasteiger partial charge in [0.1, 0.15) is 11.6 Å². The number of carbonyl (C=O) groups is 2. The number of rotatable bonds is 10. The Hall–Kier alpha value is -2.89. The summed E-state index contributed by atoms with van der Waals surface area (Å²) in [6.07, 6.45) is 4.50. The van der Waals surface area contributed by atoms with Gasteiger partial charge in [-0.2, -0.15) is 0 Å². The summed E-state index contributed by atoms with van der Waals surface area (Å²) in [5.74, 6) is -1.11. The molecule has 0 saturated carbocycles. The van der Waals surface area contributed by atoms with E-state index in [0.717, 1.165) is 12.8 Å². The number of para-hydroxylation sites is 1. The second-order valence-electron chi connectivity index (χ2n) is 6.04. The number of nitrogens with one attached hydrogen (secondary N) is 1. The zero-order chi connectivity index (χ0) is 19.5. The maximum Gasteiger partial charge on any atom is 0.338 e. The molecule has 0 aliphatic heterocycles. The highest BCUT2D eigenvalue weighted by Crippen LogP contribution is 2.15. The first-order valence-corrected chi connectivity index (χ1v) is 9.04. The first-order valence-electron chi connectivity index (χ1n) is 9.04. The molecular weight excluding hydrogens is 349 g/mol. The van der Waals surface area contributed by atoms with Crippen molar-refractivity contribution in [3.05, 3.63) is 59.9 Å². The van der Waals surface area contributed by atoms with E-state index in [1.807, 2.05) is 0 Å². The molecule has 2 rings (SSSR count). The number of unbranched alkanes of at least 4 members (excludes halogenated alkanes) is 3. The third-order valence-corrected chi connectivity index (χ3v) is 3.84. The maximum atomic E-state index is 13.5. The van der Waals surface area contributed by atoms with Crippen LogP contribution in [-0.2, 0) is 9.53 Å². The normalized spacial score (nSPS) is 10.3. The summed E-state index contributed by atoms with van der Waals surface area (Å²) in [4.78, 5) is 23.8. The van der Waals surface area contributed by atoms with Gasteiger partial charge in [0.2, 0.25) is 0 Å². The molecule has 2 aromatic carbocycles. The number of anilines is 1. The lowest BCUT2D eigenvalue weighted by Crippen LogP contribution is -2.21. The van der Waals surface area contributed by atoms with E-state index in [9.17, 15) is 14.0 Å². The smallest absolute Gasteiger partial charge is 0.338 e. The fourth-order valence-electron chi connectivity index (χ4n) is 2.37. The topological polar surface area (TPSA) is 64.6 Å². The van der Waals surface area contributed by atoms with Gasteiger partial charge in [-0.1, -0.05) is 38.3 Å². The van der Waals surface area contributed by atoms with Crippen LogP contribution in [0.25, 0.3) is 0 Å². The summed E-state index contributed by atoms with van der Waals surface area (Å²) >= 11 is 0. The zero-order valence-corrected chi connectivity index (χ0v) is 15.4. The van der Waals surface area contributed by atoms with E-state index in [-0.39, 0.29) is 5.69 Å². The Morgan fingerprint density at radius 2 is 1.74 bits per heavy atom. The van der Waals surface area contributed by atoms with E-state index >= 15 is 0 Å². The third kappa shape index (κ3) is 7.09. The molecule has 0 spiro atoms. The summed E-state index contributed by atoms with van der Waals surface area (Å²) in [7, 11) is 0. The van der Waals surface area contributed by atoms with Crippen LogP contribution in [-0.4, -0.2) is 25.1 Å². The van der Waals surface area contributed by atoms with Crippen molar-refractivity contribution in [1.29, 1.82) is 0 Å². The number of halogens is 1. The predicted octanol–water partition coefficient (Wildman–Crippen LogP) is 4.58. The van der Waals surface area contributed by atoms with E-state index in [4.69, 9.17) is 9.47 Å². The average molecular weight is 373 g/mol. The van der Waals surface area contributed by atoms with E-state index in [1.54, 1.807) is 30.3 Å². The molecule has 0 saturated heterocycles. The SMILES string of the molecule is CCCCCCOc1ccc(C(=O)OCC(=O)Nc2ccccc2F)cc1. The van der Waals surface area contributed by atoms with Gasteiger partial charge < -0.3 is 14.8 Å². The van der Waals surface area contributed by atoms with Crippen LogP contribution in [0.4, 0.5) is 10.1 Å². The fourth-order valence-corrected chi connectivity index (χ4v) is 2.37. The molecule has 144 valence electrons. The van der Waals surface area contributed by atoms with Crippen LogP contribution in [0.5, 0.6) is 5.75 Å². The second kappa shape index (κ2) is 11.0. The monoisotopic (exact) mass is 373 g/mol. The van der Waals surface area contributed by atoms with E-state index in [1.165, 1.54) is 31.0 Å². The molecule has 2 aromatic rings. The maximum absolute atomic E-state index is 13.5. The predicted molar refractivity (Wildman–Crippen MR) is 101 cm³/mol. The van der Waals surface area contributed by atoms with Gasteiger partial charge in [0.25, 0.3) is 5.91 Å². The van der Waals surface area contributed by atoms with Crippen molar-refractivity contribution in [2.75, 3.05) is 18.5 Å². The van der Waals surface area contributed by atoms with Crippen LogP contribution in [0.15, 0.2) is 48.5 Å². The van der Waals surface area contributed by atoms with E-state index in [2.05, 4.69) is 12.2 Å². The first-order chi connectivity index (χ1) is 13.1. The number of amides is 1. The molecule has 0 aliphatic carbocycles. The molecule has 0 aromatic heterocycles. The van der Waals surface area contributed by atoms with Crippen LogP contribution >= 0.6 is 0 Å². The Morgan fingerprint density at radius 3 is 2.44 bits per heavy atom. The van der Waals surface area contributed by atoms with Gasteiger partial charge in [0.05, 0.1) is 17.9 Å². The molecule has 0 radical (unpaired) electrons. The van der Waals surface area contributed by atoms with Gasteiger partial charge in [-0.05, 0) is 42.8 Å². The molecule has 6 heteroatoms. The summed E-state index contributed by atoms with van der Waals surface area (Å²) in [5, 5.41) is 2.35. The van der Waals surface area contributed by atoms with Gasteiger partial charge >= 0.3 is 5.97 Å². The second-order valence-corrected chi connectivity index (χ2v) is 6.04. The van der Waals surface area contributed by atoms with Crippen molar-refractivity contribution in [3.8, 4) is 5.75 Å². The largest absolute Gasteiger partial charge is 0.494 e. The highest BCUT2D eigenvalue weighted by atomic mass is 19.1. The first kappa shape index (κ1) is 20.4. The minimum Gasteiger partial charge on any atom is -0.494 e. The van der Waals surface area contributed by atoms with Gasteiger partial charge in [0, 0.05) is 0 Å². The minimum absolute atomic E-state index is 0.0407. The van der Waals surface area contributed by atoms with Crippen molar-refractivity contribution in [1.82, 2.24) is 0 Å². The van der Waals surface area contributed by atoms with Crippen LogP contribution in [0, 0.1) is 5.82 Å². The van der Waals surface area contributed by atoms with Gasteiger partial charge in [0.15, 0.2) is 6.61 Å². The number of esters is 1. The molecule has 1 N–H and O–H groups in total. The molecule has 0 bridgehead atoms. The molecule has 0 atom stereocenters. The molecule has 1 amide bonds. The molecule has 0 fully saturated rings. The molecule has 0 aliphatic rings. The molecule has 0 heterocycles. The molecule has 27 heavy (non-hydrogen) atoms. The fraction of sp³-hybridized carbons (Fsp3) is 0.333. The Kier molecular flexibility index (Phi) is 8.29. The Balaban J connectivity index is 1.75. The lowest BCUT2D eigenvalue weighted by atomic mass is 10.2. The van der Waals surface area contributed by atoms with Crippen LogP contribution < -0.4 is 10.1 Å². The summed E-state index contributed by atoms with van der Waals surface area (Å²) in [6, 6.07) is 12.3. The number of hydrogen-bond donors (Lipinski definition) is 1. The Morgan fingerprint density at radius 1 is 1.00 bits per heavy atom. The number of hydrogen-bond acceptors (Lipinski definition) is 4. The summed E-state index contributed by atoms with van der Waals surface area (Å²) in [6.45, 7) is 2.30. The van der Waals surface area contributed by atoms with Crippen molar-refractivity contribution >= 4 is 17.6 Å². The average Bonchev–Trinajstić information content (AvgIpc) is 2.68. The van der Waals surface area contributed by atoms with Crippen molar-refractivity contribution in [2.45, 2.75) is 32.6 Å². The van der Waals surface area contributed by atoms with E-state index in [0.29, 0.717) is 17.9 Å². The zero-order valence-electron chi connectivity index (χ0n) is 15.4. The number of benzene rings is 2. The van der Waals surface area contributed by atoms with Crippen LogP contribution in [0.3, 0.4) is 0 Å². The van der Waals surface area contributed by atoms with Crippen LogP contribution in [0.2, 0.25) is 0 Å². The number of ether oxygens (including phenoxy) is 2. The minimum atomic E-state index is -0.631. The molecular formula is C21H24FNO4. The van der Waals surface area contributed by atoms with Crippen LogP contribution in [0.1, 0.15) is 43.0 Å². The Labute approximate surface area is 158 Å².